The Balaban J connectivity index is 2.41. The summed E-state index contributed by atoms with van der Waals surface area (Å²) < 4.78 is 0. The number of aromatic nitrogens is 3. The first-order chi connectivity index (χ1) is 5.74. The van der Waals surface area contributed by atoms with Crippen molar-refractivity contribution in [1.29, 1.82) is 0 Å². The summed E-state index contributed by atoms with van der Waals surface area (Å²) in [4.78, 5) is 1.64. The Kier molecular flexibility index (Phi) is 3.22. The van der Waals surface area contributed by atoms with Gasteiger partial charge in [-0.15, -0.1) is 0 Å². The Morgan fingerprint density at radius 3 is 2.50 bits per heavy atom. The van der Waals surface area contributed by atoms with Gasteiger partial charge >= 0.3 is 0 Å². The summed E-state index contributed by atoms with van der Waals surface area (Å²) >= 11 is 0. The zero-order valence-corrected chi connectivity index (χ0v) is 7.64. The number of hydrogen-bond donors (Lipinski definition) is 1. The van der Waals surface area contributed by atoms with Crippen LogP contribution in [-0.2, 0) is 6.54 Å². The van der Waals surface area contributed by atoms with E-state index in [1.165, 1.54) is 0 Å². The summed E-state index contributed by atoms with van der Waals surface area (Å²) in [6.07, 6.45) is 4.44. The molecule has 4 nitrogen and oxygen atoms in total. The fourth-order valence-corrected chi connectivity index (χ4v) is 1.01. The molecule has 0 fully saturated rings. The van der Waals surface area contributed by atoms with Gasteiger partial charge in [-0.05, 0) is 5.92 Å². The first-order valence-electron chi connectivity index (χ1n) is 4.33. The van der Waals surface area contributed by atoms with Gasteiger partial charge in [0.2, 0.25) is 0 Å². The van der Waals surface area contributed by atoms with Gasteiger partial charge in [-0.1, -0.05) is 20.3 Å². The summed E-state index contributed by atoms with van der Waals surface area (Å²) in [6.45, 7) is 5.00. The van der Waals surface area contributed by atoms with E-state index in [1.54, 1.807) is 17.2 Å². The molecule has 1 aromatic heterocycles. The molecule has 0 aliphatic heterocycles. The Labute approximate surface area is 72.8 Å². The van der Waals surface area contributed by atoms with E-state index in [-0.39, 0.29) is 6.04 Å². The van der Waals surface area contributed by atoms with Gasteiger partial charge in [-0.25, -0.2) is 0 Å². The lowest BCUT2D eigenvalue weighted by Gasteiger charge is -2.16. The van der Waals surface area contributed by atoms with E-state index >= 15 is 0 Å². The molecule has 0 unspecified atom stereocenters. The monoisotopic (exact) mass is 168 g/mol. The summed E-state index contributed by atoms with van der Waals surface area (Å²) in [6, 6.07) is 0.155. The van der Waals surface area contributed by atoms with Crippen LogP contribution < -0.4 is 5.73 Å². The van der Waals surface area contributed by atoms with Crippen molar-refractivity contribution < 1.29 is 0 Å². The van der Waals surface area contributed by atoms with Crippen LogP contribution in [0.1, 0.15) is 20.3 Å². The highest BCUT2D eigenvalue weighted by Gasteiger charge is 2.11. The van der Waals surface area contributed by atoms with E-state index < -0.39 is 0 Å². The maximum Gasteiger partial charge on any atom is 0.0760 e. The Hall–Kier alpha value is -0.900. The SMILES string of the molecule is CC[C@H](C)[C@H](N)Cn1nccn1. The average molecular weight is 168 g/mol. The van der Waals surface area contributed by atoms with Gasteiger partial charge in [0.15, 0.2) is 0 Å². The van der Waals surface area contributed by atoms with E-state index in [1.807, 2.05) is 0 Å². The molecule has 4 heteroatoms. The predicted octanol–water partition coefficient (Wildman–Crippen LogP) is 0.651. The van der Waals surface area contributed by atoms with Crippen molar-refractivity contribution in [3.8, 4) is 0 Å². The largest absolute Gasteiger partial charge is 0.326 e. The lowest BCUT2D eigenvalue weighted by atomic mass is 10.0. The predicted molar refractivity (Wildman–Crippen MR) is 47.5 cm³/mol. The molecule has 0 aliphatic rings. The Morgan fingerprint density at radius 2 is 2.00 bits per heavy atom. The second-order valence-electron chi connectivity index (χ2n) is 3.13. The molecule has 2 atom stereocenters. The van der Waals surface area contributed by atoms with Crippen molar-refractivity contribution in [2.45, 2.75) is 32.9 Å². The van der Waals surface area contributed by atoms with Gasteiger partial charge in [0.1, 0.15) is 0 Å². The fourth-order valence-electron chi connectivity index (χ4n) is 1.01. The second kappa shape index (κ2) is 4.21. The maximum absolute atomic E-state index is 5.92. The van der Waals surface area contributed by atoms with Crippen LogP contribution in [-0.4, -0.2) is 21.0 Å². The Bertz CT molecular complexity index is 207. The normalized spacial score (nSPS) is 15.9. The third kappa shape index (κ3) is 2.30. The van der Waals surface area contributed by atoms with Gasteiger partial charge in [-0.2, -0.15) is 15.0 Å². The molecular formula is C8H16N4. The van der Waals surface area contributed by atoms with Crippen LogP contribution in [0, 0.1) is 5.92 Å². The summed E-state index contributed by atoms with van der Waals surface area (Å²) in [7, 11) is 0. The highest BCUT2D eigenvalue weighted by molar-refractivity contribution is 4.68. The first-order valence-corrected chi connectivity index (χ1v) is 4.33. The van der Waals surface area contributed by atoms with E-state index in [0.717, 1.165) is 6.42 Å². The summed E-state index contributed by atoms with van der Waals surface area (Å²) in [5.74, 6) is 0.524. The molecule has 1 heterocycles. The van der Waals surface area contributed by atoms with Gasteiger partial charge in [-0.3, -0.25) is 0 Å². The minimum Gasteiger partial charge on any atom is -0.326 e. The van der Waals surface area contributed by atoms with Gasteiger partial charge < -0.3 is 5.73 Å². The van der Waals surface area contributed by atoms with Crippen molar-refractivity contribution >= 4 is 0 Å². The van der Waals surface area contributed by atoms with E-state index in [9.17, 15) is 0 Å². The summed E-state index contributed by atoms with van der Waals surface area (Å²) in [5.41, 5.74) is 5.92. The van der Waals surface area contributed by atoms with Gasteiger partial charge in [0.05, 0.1) is 18.9 Å². The van der Waals surface area contributed by atoms with Crippen molar-refractivity contribution in [3.05, 3.63) is 12.4 Å². The molecule has 2 N–H and O–H groups in total. The van der Waals surface area contributed by atoms with Crippen LogP contribution >= 0.6 is 0 Å². The van der Waals surface area contributed by atoms with E-state index in [0.29, 0.717) is 12.5 Å². The van der Waals surface area contributed by atoms with Crippen LogP contribution in [0.2, 0.25) is 0 Å². The van der Waals surface area contributed by atoms with Crippen LogP contribution in [0.3, 0.4) is 0 Å². The van der Waals surface area contributed by atoms with Crippen molar-refractivity contribution in [1.82, 2.24) is 15.0 Å². The summed E-state index contributed by atoms with van der Waals surface area (Å²) in [5, 5.41) is 8.00. The molecule has 0 radical (unpaired) electrons. The molecule has 0 amide bonds. The number of rotatable bonds is 4. The topological polar surface area (TPSA) is 56.7 Å². The molecule has 12 heavy (non-hydrogen) atoms. The second-order valence-corrected chi connectivity index (χ2v) is 3.13. The highest BCUT2D eigenvalue weighted by atomic mass is 15.5. The third-order valence-corrected chi connectivity index (χ3v) is 2.22. The molecule has 0 saturated carbocycles. The van der Waals surface area contributed by atoms with Crippen molar-refractivity contribution in [2.75, 3.05) is 0 Å². The standard InChI is InChI=1S/C8H16N4/c1-3-7(2)8(9)6-12-10-4-5-11-12/h4-5,7-8H,3,6,9H2,1-2H3/t7-,8+/m0/s1. The van der Waals surface area contributed by atoms with E-state index in [4.69, 9.17) is 5.73 Å². The quantitative estimate of drug-likeness (QED) is 0.718. The average Bonchev–Trinajstić information content (AvgIpc) is 2.55. The minimum absolute atomic E-state index is 0.155. The molecule has 0 aromatic carbocycles. The molecule has 0 aliphatic carbocycles. The highest BCUT2D eigenvalue weighted by Crippen LogP contribution is 2.05. The minimum atomic E-state index is 0.155. The van der Waals surface area contributed by atoms with Crippen LogP contribution in [0.15, 0.2) is 12.4 Å². The third-order valence-electron chi connectivity index (χ3n) is 2.22. The molecule has 1 aromatic rings. The lowest BCUT2D eigenvalue weighted by molar-refractivity contribution is 0.361. The van der Waals surface area contributed by atoms with Gasteiger partial charge in [0, 0.05) is 6.04 Å². The van der Waals surface area contributed by atoms with E-state index in [2.05, 4.69) is 24.0 Å². The number of nitrogens with zero attached hydrogens (tertiary/aromatic N) is 3. The zero-order valence-electron chi connectivity index (χ0n) is 7.64. The number of nitrogens with two attached hydrogens (primary N) is 1. The molecule has 0 saturated heterocycles. The maximum atomic E-state index is 5.92. The van der Waals surface area contributed by atoms with Crippen molar-refractivity contribution in [3.63, 3.8) is 0 Å². The zero-order chi connectivity index (χ0) is 8.97. The molecule has 1 rings (SSSR count). The van der Waals surface area contributed by atoms with Crippen molar-refractivity contribution in [2.24, 2.45) is 11.7 Å². The number of hydrogen-bond acceptors (Lipinski definition) is 3. The lowest BCUT2D eigenvalue weighted by Crippen LogP contribution is -2.33. The molecule has 0 bridgehead atoms. The fraction of sp³-hybridized carbons (Fsp3) is 0.750. The van der Waals surface area contributed by atoms with Gasteiger partial charge in [0.25, 0.3) is 0 Å². The smallest absolute Gasteiger partial charge is 0.0760 e. The molecule has 68 valence electrons. The molecule has 0 spiro atoms. The first kappa shape index (κ1) is 9.19. The van der Waals surface area contributed by atoms with Crippen LogP contribution in [0.4, 0.5) is 0 Å². The van der Waals surface area contributed by atoms with Crippen LogP contribution in [0.25, 0.3) is 0 Å². The Morgan fingerprint density at radius 1 is 1.42 bits per heavy atom. The van der Waals surface area contributed by atoms with Crippen LogP contribution in [0.5, 0.6) is 0 Å². The molecular weight excluding hydrogens is 152 g/mol.